The van der Waals surface area contributed by atoms with Gasteiger partial charge in [-0.25, -0.2) is 0 Å². The first-order chi connectivity index (χ1) is 10.5. The summed E-state index contributed by atoms with van der Waals surface area (Å²) in [5.74, 6) is -0.838. The zero-order valence-corrected chi connectivity index (χ0v) is 12.4. The van der Waals surface area contributed by atoms with Crippen LogP contribution in [0.15, 0.2) is 42.6 Å². The van der Waals surface area contributed by atoms with Gasteiger partial charge in [0.05, 0.1) is 6.54 Å². The number of rotatable bonds is 5. The summed E-state index contributed by atoms with van der Waals surface area (Å²) in [6.45, 7) is 1.29. The van der Waals surface area contributed by atoms with Crippen LogP contribution in [-0.4, -0.2) is 28.7 Å². The molecule has 0 spiro atoms. The minimum atomic E-state index is -0.404. The summed E-state index contributed by atoms with van der Waals surface area (Å²) in [6.07, 6.45) is 1.58. The smallest absolute Gasteiger partial charge is 0.268 e. The summed E-state index contributed by atoms with van der Waals surface area (Å²) < 4.78 is 1.56. The fourth-order valence-electron chi connectivity index (χ4n) is 1.96. The van der Waals surface area contributed by atoms with Gasteiger partial charge in [0, 0.05) is 24.5 Å². The van der Waals surface area contributed by atoms with Gasteiger partial charge in [0.25, 0.3) is 5.91 Å². The van der Waals surface area contributed by atoms with Gasteiger partial charge < -0.3 is 15.2 Å². The van der Waals surface area contributed by atoms with Crippen molar-refractivity contribution < 1.29 is 14.4 Å². The molecule has 2 N–H and O–H groups in total. The van der Waals surface area contributed by atoms with E-state index in [1.165, 1.54) is 13.0 Å². The Hall–Kier alpha value is -2.89. The van der Waals surface area contributed by atoms with E-state index in [2.05, 4.69) is 10.6 Å². The molecular weight excluding hydrogens is 282 g/mol. The number of carbonyl (C=O) groups excluding carboxylic acids is 3. The molecule has 2 rings (SSSR count). The van der Waals surface area contributed by atoms with Gasteiger partial charge in [-0.3, -0.25) is 14.4 Å². The molecular formula is C16H17N3O3. The highest BCUT2D eigenvalue weighted by Gasteiger charge is 2.14. The Morgan fingerprint density at radius 3 is 2.41 bits per heavy atom. The summed E-state index contributed by atoms with van der Waals surface area (Å²) >= 11 is 0. The number of hydrogen-bond donors (Lipinski definition) is 2. The number of para-hydroxylation sites is 1. The average molecular weight is 299 g/mol. The number of carbonyl (C=O) groups is 3. The van der Waals surface area contributed by atoms with Crippen molar-refractivity contribution >= 4 is 23.3 Å². The number of Topliss-reactive ketones (excluding diaryl/α,β-unsaturated/α-hetero) is 1. The molecule has 0 aliphatic carbocycles. The zero-order chi connectivity index (χ0) is 16.1. The van der Waals surface area contributed by atoms with Gasteiger partial charge in [-0.2, -0.15) is 0 Å². The third kappa shape index (κ3) is 3.82. The predicted molar refractivity (Wildman–Crippen MR) is 82.8 cm³/mol. The monoisotopic (exact) mass is 299 g/mol. The first kappa shape index (κ1) is 15.5. The van der Waals surface area contributed by atoms with Gasteiger partial charge in [0.1, 0.15) is 5.69 Å². The van der Waals surface area contributed by atoms with Crippen LogP contribution in [0.25, 0.3) is 0 Å². The highest BCUT2D eigenvalue weighted by molar-refractivity contribution is 6.01. The van der Waals surface area contributed by atoms with E-state index in [4.69, 9.17) is 0 Å². The number of amides is 2. The lowest BCUT2D eigenvalue weighted by molar-refractivity contribution is -0.115. The number of nitrogens with zero attached hydrogens (tertiary/aromatic N) is 1. The molecule has 0 fully saturated rings. The Bertz CT molecular complexity index is 705. The highest BCUT2D eigenvalue weighted by atomic mass is 16.2. The molecule has 2 amide bonds. The Balaban J connectivity index is 1.92. The lowest BCUT2D eigenvalue weighted by Gasteiger charge is -2.07. The van der Waals surface area contributed by atoms with Crippen molar-refractivity contribution in [3.63, 3.8) is 0 Å². The van der Waals surface area contributed by atoms with E-state index in [0.29, 0.717) is 16.9 Å². The van der Waals surface area contributed by atoms with E-state index in [0.717, 1.165) is 0 Å². The Morgan fingerprint density at radius 1 is 1.14 bits per heavy atom. The fourth-order valence-corrected chi connectivity index (χ4v) is 1.96. The quantitative estimate of drug-likeness (QED) is 0.823. The van der Waals surface area contributed by atoms with Gasteiger partial charge in [0.2, 0.25) is 5.91 Å². The van der Waals surface area contributed by atoms with Crippen LogP contribution in [0, 0.1) is 0 Å². The summed E-state index contributed by atoms with van der Waals surface area (Å²) in [7, 11) is 1.67. The normalized spacial score (nSPS) is 10.1. The maximum Gasteiger partial charge on any atom is 0.268 e. The van der Waals surface area contributed by atoms with Crippen molar-refractivity contribution in [2.45, 2.75) is 6.92 Å². The average Bonchev–Trinajstić information content (AvgIpc) is 2.88. The number of hydrogen-bond acceptors (Lipinski definition) is 3. The molecule has 0 saturated carbocycles. The van der Waals surface area contributed by atoms with Crippen LogP contribution in [0.3, 0.4) is 0 Å². The number of benzene rings is 1. The molecule has 0 saturated heterocycles. The van der Waals surface area contributed by atoms with Gasteiger partial charge >= 0.3 is 0 Å². The van der Waals surface area contributed by atoms with Crippen molar-refractivity contribution in [2.24, 2.45) is 7.05 Å². The van der Waals surface area contributed by atoms with Crippen LogP contribution in [-0.2, 0) is 11.8 Å². The molecule has 0 bridgehead atoms. The number of nitrogens with one attached hydrogen (secondary N) is 2. The predicted octanol–water partition coefficient (Wildman–Crippen LogP) is 1.60. The topological polar surface area (TPSA) is 80.2 Å². The molecule has 0 radical (unpaired) electrons. The van der Waals surface area contributed by atoms with Crippen LogP contribution >= 0.6 is 0 Å². The third-order valence-electron chi connectivity index (χ3n) is 3.11. The standard InChI is InChI=1S/C16H17N3O3/c1-11(20)12-8-14(19(2)10-12)16(22)17-9-15(21)18-13-6-4-3-5-7-13/h3-8,10H,9H2,1-2H3,(H,17,22)(H,18,21). The van der Waals surface area contributed by atoms with Crippen LogP contribution < -0.4 is 10.6 Å². The number of anilines is 1. The molecule has 2 aromatic rings. The molecule has 1 aromatic carbocycles. The zero-order valence-electron chi connectivity index (χ0n) is 12.4. The van der Waals surface area contributed by atoms with Crippen molar-refractivity contribution in [1.29, 1.82) is 0 Å². The highest BCUT2D eigenvalue weighted by Crippen LogP contribution is 2.08. The Labute approximate surface area is 128 Å². The van der Waals surface area contributed by atoms with Gasteiger partial charge in [0.15, 0.2) is 5.78 Å². The molecule has 1 heterocycles. The third-order valence-corrected chi connectivity index (χ3v) is 3.11. The molecule has 0 aliphatic rings. The largest absolute Gasteiger partial charge is 0.346 e. The second kappa shape index (κ2) is 6.71. The fraction of sp³-hybridized carbons (Fsp3) is 0.188. The molecule has 1 aromatic heterocycles. The van der Waals surface area contributed by atoms with E-state index in [9.17, 15) is 14.4 Å². The van der Waals surface area contributed by atoms with Gasteiger partial charge in [-0.15, -0.1) is 0 Å². The molecule has 0 unspecified atom stereocenters. The van der Waals surface area contributed by atoms with Crippen molar-refractivity contribution in [3.05, 3.63) is 53.9 Å². The number of ketones is 1. The lowest BCUT2D eigenvalue weighted by atomic mass is 10.2. The summed E-state index contributed by atoms with van der Waals surface area (Å²) in [4.78, 5) is 35.1. The van der Waals surface area contributed by atoms with Gasteiger partial charge in [-0.05, 0) is 25.1 Å². The van der Waals surface area contributed by atoms with E-state index in [1.807, 2.05) is 6.07 Å². The lowest BCUT2D eigenvalue weighted by Crippen LogP contribution is -2.33. The van der Waals surface area contributed by atoms with E-state index in [-0.39, 0.29) is 18.2 Å². The second-order valence-corrected chi connectivity index (χ2v) is 4.88. The first-order valence-corrected chi connectivity index (χ1v) is 6.78. The van der Waals surface area contributed by atoms with Crippen molar-refractivity contribution in [2.75, 3.05) is 11.9 Å². The van der Waals surface area contributed by atoms with E-state index >= 15 is 0 Å². The first-order valence-electron chi connectivity index (χ1n) is 6.78. The van der Waals surface area contributed by atoms with Crippen LogP contribution in [0.4, 0.5) is 5.69 Å². The Morgan fingerprint density at radius 2 is 1.82 bits per heavy atom. The molecule has 6 nitrogen and oxygen atoms in total. The SMILES string of the molecule is CC(=O)c1cc(C(=O)NCC(=O)Nc2ccccc2)n(C)c1. The molecule has 0 aliphatic heterocycles. The van der Waals surface area contributed by atoms with Crippen molar-refractivity contribution in [3.8, 4) is 0 Å². The van der Waals surface area contributed by atoms with Gasteiger partial charge in [-0.1, -0.05) is 18.2 Å². The maximum atomic E-state index is 12.0. The minimum Gasteiger partial charge on any atom is -0.346 e. The number of aromatic nitrogens is 1. The molecule has 6 heteroatoms. The maximum absolute atomic E-state index is 12.0. The molecule has 114 valence electrons. The Kier molecular flexibility index (Phi) is 4.73. The summed E-state index contributed by atoms with van der Waals surface area (Å²) in [5, 5.41) is 5.20. The van der Waals surface area contributed by atoms with Crippen LogP contribution in [0.5, 0.6) is 0 Å². The molecule has 22 heavy (non-hydrogen) atoms. The summed E-state index contributed by atoms with van der Waals surface area (Å²) in [6, 6.07) is 10.5. The van der Waals surface area contributed by atoms with Crippen LogP contribution in [0.1, 0.15) is 27.8 Å². The van der Waals surface area contributed by atoms with Crippen molar-refractivity contribution in [1.82, 2.24) is 9.88 Å². The molecule has 0 atom stereocenters. The minimum absolute atomic E-state index is 0.114. The number of aryl methyl sites for hydroxylation is 1. The second-order valence-electron chi connectivity index (χ2n) is 4.88. The van der Waals surface area contributed by atoms with E-state index in [1.54, 1.807) is 42.1 Å². The van der Waals surface area contributed by atoms with Crippen LogP contribution in [0.2, 0.25) is 0 Å². The summed E-state index contributed by atoms with van der Waals surface area (Å²) in [5.41, 5.74) is 1.46. The van der Waals surface area contributed by atoms with E-state index < -0.39 is 5.91 Å².